The van der Waals surface area contributed by atoms with Crippen molar-refractivity contribution in [1.29, 1.82) is 5.26 Å². The van der Waals surface area contributed by atoms with Gasteiger partial charge in [-0.1, -0.05) is 30.3 Å². The summed E-state index contributed by atoms with van der Waals surface area (Å²) in [6, 6.07) is 20.2. The number of nitrogens with zero attached hydrogens (tertiary/aromatic N) is 1. The topological polar surface area (TPSA) is 119 Å². The van der Waals surface area contributed by atoms with E-state index in [1.807, 2.05) is 48.5 Å². The van der Waals surface area contributed by atoms with Gasteiger partial charge in [0.25, 0.3) is 16.0 Å². The van der Waals surface area contributed by atoms with E-state index in [1.54, 1.807) is 0 Å². The van der Waals surface area contributed by atoms with Gasteiger partial charge in [-0.15, -0.1) is 0 Å². The van der Waals surface area contributed by atoms with E-state index in [4.69, 9.17) is 4.55 Å². The van der Waals surface area contributed by atoms with Crippen LogP contribution in [0, 0.1) is 11.3 Å². The van der Waals surface area contributed by atoms with E-state index >= 15 is 0 Å². The van der Waals surface area contributed by atoms with Crippen molar-refractivity contribution in [2.45, 2.75) is 4.90 Å². The first-order chi connectivity index (χ1) is 13.4. The number of anilines is 2. The minimum Gasteiger partial charge on any atom is -0.360 e. The minimum absolute atomic E-state index is 0.160. The molecule has 0 radical (unpaired) electrons. The number of fused-ring (bicyclic) bond motifs is 1. The molecular weight excluding hydrogens is 378 g/mol. The van der Waals surface area contributed by atoms with Crippen molar-refractivity contribution >= 4 is 38.2 Å². The van der Waals surface area contributed by atoms with E-state index < -0.39 is 16.0 Å². The molecular formula is C20H15N3O4S. The van der Waals surface area contributed by atoms with Gasteiger partial charge in [0.1, 0.15) is 11.6 Å². The van der Waals surface area contributed by atoms with Gasteiger partial charge in [-0.2, -0.15) is 13.7 Å². The van der Waals surface area contributed by atoms with E-state index in [0.717, 1.165) is 28.6 Å². The molecule has 0 bridgehead atoms. The van der Waals surface area contributed by atoms with E-state index in [2.05, 4.69) is 10.6 Å². The minimum atomic E-state index is -4.31. The van der Waals surface area contributed by atoms with Gasteiger partial charge in [-0.05, 0) is 47.2 Å². The molecule has 3 aromatic rings. The molecule has 0 saturated heterocycles. The molecule has 3 N–H and O–H groups in total. The summed E-state index contributed by atoms with van der Waals surface area (Å²) >= 11 is 0. The van der Waals surface area contributed by atoms with Crippen LogP contribution >= 0.6 is 0 Å². The molecule has 28 heavy (non-hydrogen) atoms. The molecule has 0 aliphatic carbocycles. The van der Waals surface area contributed by atoms with Crippen LogP contribution in [-0.2, 0) is 14.9 Å². The van der Waals surface area contributed by atoms with Gasteiger partial charge in [0.2, 0.25) is 0 Å². The lowest BCUT2D eigenvalue weighted by atomic mass is 10.1. The zero-order valence-electron chi connectivity index (χ0n) is 14.5. The van der Waals surface area contributed by atoms with Crippen molar-refractivity contribution in [3.8, 4) is 6.07 Å². The van der Waals surface area contributed by atoms with Gasteiger partial charge >= 0.3 is 0 Å². The van der Waals surface area contributed by atoms with Crippen molar-refractivity contribution in [2.24, 2.45) is 0 Å². The Balaban J connectivity index is 1.72. The maximum absolute atomic E-state index is 12.2. The summed E-state index contributed by atoms with van der Waals surface area (Å²) in [6.45, 7) is 0. The highest BCUT2D eigenvalue weighted by Crippen LogP contribution is 2.19. The molecule has 8 heteroatoms. The monoisotopic (exact) mass is 393 g/mol. The number of carbonyl (C=O) groups excluding carboxylic acids is 1. The highest BCUT2D eigenvalue weighted by molar-refractivity contribution is 7.85. The Morgan fingerprint density at radius 2 is 1.61 bits per heavy atom. The molecule has 0 heterocycles. The van der Waals surface area contributed by atoms with E-state index in [9.17, 15) is 18.5 Å². The van der Waals surface area contributed by atoms with Crippen LogP contribution in [0.1, 0.15) is 0 Å². The van der Waals surface area contributed by atoms with Crippen molar-refractivity contribution in [3.63, 3.8) is 0 Å². The molecule has 1 amide bonds. The first-order valence-electron chi connectivity index (χ1n) is 8.11. The molecule has 0 spiro atoms. The average Bonchev–Trinajstić information content (AvgIpc) is 2.68. The fourth-order valence-corrected chi connectivity index (χ4v) is 2.97. The molecule has 7 nitrogen and oxygen atoms in total. The molecule has 140 valence electrons. The standard InChI is InChI=1S/C20H15N3O4S/c21-12-16(13-22-18-6-5-14-3-1-2-4-15(14)11-18)20(24)23-17-7-9-19(10-8-17)28(25,26)27/h1-11,13,22H,(H,23,24)(H,25,26,27)/b16-13-. The largest absolute Gasteiger partial charge is 0.360 e. The first-order valence-corrected chi connectivity index (χ1v) is 9.55. The molecule has 0 fully saturated rings. The molecule has 3 aromatic carbocycles. The number of amides is 1. The van der Waals surface area contributed by atoms with Crippen LogP contribution in [0.4, 0.5) is 11.4 Å². The van der Waals surface area contributed by atoms with Crippen molar-refractivity contribution in [2.75, 3.05) is 10.6 Å². The summed E-state index contributed by atoms with van der Waals surface area (Å²) in [5, 5.41) is 16.7. The van der Waals surface area contributed by atoms with Gasteiger partial charge in [-0.25, -0.2) is 0 Å². The molecule has 0 saturated carbocycles. The highest BCUT2D eigenvalue weighted by Gasteiger charge is 2.12. The average molecular weight is 393 g/mol. The maximum atomic E-state index is 12.2. The smallest absolute Gasteiger partial charge is 0.294 e. The molecule has 0 aromatic heterocycles. The second-order valence-electron chi connectivity index (χ2n) is 5.83. The lowest BCUT2D eigenvalue weighted by Gasteiger charge is -2.06. The van der Waals surface area contributed by atoms with Crippen LogP contribution in [0.25, 0.3) is 10.8 Å². The van der Waals surface area contributed by atoms with Crippen LogP contribution in [0.5, 0.6) is 0 Å². The van der Waals surface area contributed by atoms with Gasteiger partial charge in [0.15, 0.2) is 0 Å². The zero-order valence-corrected chi connectivity index (χ0v) is 15.3. The maximum Gasteiger partial charge on any atom is 0.294 e. The van der Waals surface area contributed by atoms with Crippen molar-refractivity contribution in [1.82, 2.24) is 0 Å². The molecule has 0 unspecified atom stereocenters. The molecule has 0 aliphatic heterocycles. The molecule has 3 rings (SSSR count). The van der Waals surface area contributed by atoms with Gasteiger partial charge in [-0.3, -0.25) is 9.35 Å². The van der Waals surface area contributed by atoms with Crippen LogP contribution < -0.4 is 10.6 Å². The highest BCUT2D eigenvalue weighted by atomic mass is 32.2. The second kappa shape index (κ2) is 7.92. The number of nitriles is 1. The Bertz CT molecular complexity index is 1210. The van der Waals surface area contributed by atoms with Crippen LogP contribution in [0.2, 0.25) is 0 Å². The predicted octanol–water partition coefficient (Wildman–Crippen LogP) is 3.54. The normalized spacial score (nSPS) is 11.6. The number of rotatable bonds is 5. The number of carbonyl (C=O) groups is 1. The van der Waals surface area contributed by atoms with Crippen molar-refractivity contribution < 1.29 is 17.8 Å². The SMILES string of the molecule is N#C/C(=C/Nc1ccc2ccccc2c1)C(=O)Nc1ccc(S(=O)(=O)O)cc1. The Morgan fingerprint density at radius 3 is 2.25 bits per heavy atom. The third-order valence-electron chi connectivity index (χ3n) is 3.91. The Hall–Kier alpha value is -3.67. The number of hydrogen-bond donors (Lipinski definition) is 3. The number of nitrogens with one attached hydrogen (secondary N) is 2. The quantitative estimate of drug-likeness (QED) is 0.346. The second-order valence-corrected chi connectivity index (χ2v) is 7.25. The van der Waals surface area contributed by atoms with E-state index in [-0.39, 0.29) is 16.2 Å². The van der Waals surface area contributed by atoms with Gasteiger partial charge < -0.3 is 10.6 Å². The molecule has 0 atom stereocenters. The third kappa shape index (κ3) is 4.54. The Labute approximate surface area is 161 Å². The van der Waals surface area contributed by atoms with Gasteiger partial charge in [0, 0.05) is 17.6 Å². The summed E-state index contributed by atoms with van der Waals surface area (Å²) in [6.07, 6.45) is 1.30. The van der Waals surface area contributed by atoms with E-state index in [1.165, 1.54) is 18.3 Å². The van der Waals surface area contributed by atoms with Crippen LogP contribution in [-0.4, -0.2) is 18.9 Å². The van der Waals surface area contributed by atoms with Crippen molar-refractivity contribution in [3.05, 3.63) is 78.5 Å². The third-order valence-corrected chi connectivity index (χ3v) is 4.78. The van der Waals surface area contributed by atoms with Crippen LogP contribution in [0.15, 0.2) is 83.4 Å². The zero-order chi connectivity index (χ0) is 20.1. The predicted molar refractivity (Wildman–Crippen MR) is 106 cm³/mol. The molecule has 0 aliphatic rings. The lowest BCUT2D eigenvalue weighted by Crippen LogP contribution is -2.14. The summed E-state index contributed by atoms with van der Waals surface area (Å²) in [5.74, 6) is -0.657. The lowest BCUT2D eigenvalue weighted by molar-refractivity contribution is -0.112. The fourth-order valence-electron chi connectivity index (χ4n) is 2.49. The summed E-state index contributed by atoms with van der Waals surface area (Å²) in [5.41, 5.74) is 0.841. The fraction of sp³-hybridized carbons (Fsp3) is 0. The summed E-state index contributed by atoms with van der Waals surface area (Å²) in [7, 11) is -4.31. The first kappa shape index (κ1) is 19.1. The number of benzene rings is 3. The van der Waals surface area contributed by atoms with Gasteiger partial charge in [0.05, 0.1) is 4.90 Å². The summed E-state index contributed by atoms with van der Waals surface area (Å²) < 4.78 is 31.0. The Morgan fingerprint density at radius 1 is 0.964 bits per heavy atom. The van der Waals surface area contributed by atoms with E-state index in [0.29, 0.717) is 0 Å². The summed E-state index contributed by atoms with van der Waals surface area (Å²) in [4.78, 5) is 12.0. The Kier molecular flexibility index (Phi) is 5.40. The number of hydrogen-bond acceptors (Lipinski definition) is 5. The van der Waals surface area contributed by atoms with Crippen LogP contribution in [0.3, 0.4) is 0 Å².